The molecule has 1 heterocycles. The Balaban J connectivity index is 2.05. The van der Waals surface area contributed by atoms with Gasteiger partial charge in [0.1, 0.15) is 5.75 Å². The largest absolute Gasteiger partial charge is 0.494 e. The fraction of sp³-hybridized carbons (Fsp3) is 0.529. The number of H-pyrrole nitrogens is 1. The minimum atomic E-state index is 0.135. The van der Waals surface area contributed by atoms with Gasteiger partial charge in [-0.2, -0.15) is 0 Å². The number of aromatic nitrogens is 2. The highest BCUT2D eigenvalue weighted by molar-refractivity contribution is 7.99. The standard InChI is InChI=1S/C17H25N3O2S/c1-6-22-13-7-8-14-15(9-13)19-17(18-14)23-10-16(21)20(11(2)3)12(4)5/h7-9,11-12H,6,10H2,1-5H3,(H,18,19). The lowest BCUT2D eigenvalue weighted by atomic mass is 10.2. The number of benzene rings is 1. The molecular formula is C17H25N3O2S. The van der Waals surface area contributed by atoms with E-state index >= 15 is 0 Å². The van der Waals surface area contributed by atoms with Gasteiger partial charge in [0, 0.05) is 18.2 Å². The fourth-order valence-electron chi connectivity index (χ4n) is 2.67. The van der Waals surface area contributed by atoms with E-state index in [1.54, 1.807) is 0 Å². The van der Waals surface area contributed by atoms with E-state index in [-0.39, 0.29) is 18.0 Å². The van der Waals surface area contributed by atoms with Crippen LogP contribution in [0.2, 0.25) is 0 Å². The lowest BCUT2D eigenvalue weighted by molar-refractivity contribution is -0.131. The van der Waals surface area contributed by atoms with Gasteiger partial charge < -0.3 is 14.6 Å². The Kier molecular flexibility index (Phi) is 5.93. The van der Waals surface area contributed by atoms with Crippen LogP contribution in [0, 0.1) is 0 Å². The van der Waals surface area contributed by atoms with Crippen LogP contribution in [-0.4, -0.2) is 45.2 Å². The van der Waals surface area contributed by atoms with Crippen LogP contribution in [0.25, 0.3) is 11.0 Å². The molecule has 0 fully saturated rings. The highest BCUT2D eigenvalue weighted by Crippen LogP contribution is 2.24. The second kappa shape index (κ2) is 7.73. The van der Waals surface area contributed by atoms with Gasteiger partial charge >= 0.3 is 0 Å². The molecule has 0 spiro atoms. The Morgan fingerprint density at radius 3 is 2.61 bits per heavy atom. The third kappa shape index (κ3) is 4.41. The SMILES string of the molecule is CCOc1ccc2nc(SCC(=O)N(C(C)C)C(C)C)[nH]c2c1. The molecule has 2 aromatic rings. The Morgan fingerprint density at radius 2 is 2.00 bits per heavy atom. The van der Waals surface area contributed by atoms with Gasteiger partial charge in [0.15, 0.2) is 5.16 Å². The normalized spacial score (nSPS) is 11.4. The van der Waals surface area contributed by atoms with Gasteiger partial charge in [0.05, 0.1) is 23.4 Å². The molecule has 23 heavy (non-hydrogen) atoms. The molecule has 0 unspecified atom stereocenters. The molecule has 0 saturated heterocycles. The Labute approximate surface area is 141 Å². The fourth-order valence-corrected chi connectivity index (χ4v) is 3.42. The highest BCUT2D eigenvalue weighted by Gasteiger charge is 2.20. The van der Waals surface area contributed by atoms with Crippen LogP contribution in [0.1, 0.15) is 34.6 Å². The smallest absolute Gasteiger partial charge is 0.233 e. The van der Waals surface area contributed by atoms with Crippen LogP contribution >= 0.6 is 11.8 Å². The number of rotatable bonds is 7. The molecule has 0 atom stereocenters. The minimum absolute atomic E-state index is 0.135. The molecule has 5 nitrogen and oxygen atoms in total. The molecule has 1 aromatic carbocycles. The minimum Gasteiger partial charge on any atom is -0.494 e. The van der Waals surface area contributed by atoms with Crippen molar-refractivity contribution in [3.63, 3.8) is 0 Å². The predicted octanol–water partition coefficient (Wildman–Crippen LogP) is 3.70. The van der Waals surface area contributed by atoms with Crippen molar-refractivity contribution in [3.8, 4) is 5.75 Å². The third-order valence-corrected chi connectivity index (χ3v) is 4.33. The van der Waals surface area contributed by atoms with Crippen LogP contribution < -0.4 is 4.74 Å². The molecule has 126 valence electrons. The number of hydrogen-bond acceptors (Lipinski definition) is 4. The molecule has 0 aliphatic carbocycles. The Morgan fingerprint density at radius 1 is 1.30 bits per heavy atom. The van der Waals surface area contributed by atoms with Crippen LogP contribution in [-0.2, 0) is 4.79 Å². The zero-order chi connectivity index (χ0) is 17.0. The number of aromatic amines is 1. The quantitative estimate of drug-likeness (QED) is 0.784. The molecule has 2 rings (SSSR count). The maximum atomic E-state index is 12.4. The average Bonchev–Trinajstić information content (AvgIpc) is 2.86. The first-order valence-electron chi connectivity index (χ1n) is 7.99. The molecule has 1 N–H and O–H groups in total. The Hall–Kier alpha value is -1.69. The summed E-state index contributed by atoms with van der Waals surface area (Å²) in [5.41, 5.74) is 1.81. The van der Waals surface area contributed by atoms with Crippen molar-refractivity contribution in [3.05, 3.63) is 18.2 Å². The van der Waals surface area contributed by atoms with Gasteiger partial charge in [-0.1, -0.05) is 11.8 Å². The summed E-state index contributed by atoms with van der Waals surface area (Å²) in [4.78, 5) is 22.1. The predicted molar refractivity (Wildman–Crippen MR) is 95.1 cm³/mol. The van der Waals surface area contributed by atoms with Gasteiger partial charge in [0.25, 0.3) is 0 Å². The first-order valence-corrected chi connectivity index (χ1v) is 8.97. The molecule has 6 heteroatoms. The van der Waals surface area contributed by atoms with E-state index in [0.717, 1.165) is 21.9 Å². The van der Waals surface area contributed by atoms with E-state index in [9.17, 15) is 4.79 Å². The summed E-state index contributed by atoms with van der Waals surface area (Å²) < 4.78 is 5.49. The summed E-state index contributed by atoms with van der Waals surface area (Å²) in [7, 11) is 0. The lowest BCUT2D eigenvalue weighted by Crippen LogP contribution is -2.43. The van der Waals surface area contributed by atoms with Crippen LogP contribution in [0.4, 0.5) is 0 Å². The van der Waals surface area contributed by atoms with Crippen molar-refractivity contribution in [2.45, 2.75) is 51.9 Å². The maximum Gasteiger partial charge on any atom is 0.233 e. The molecular weight excluding hydrogens is 310 g/mol. The summed E-state index contributed by atoms with van der Waals surface area (Å²) in [5.74, 6) is 1.34. The van der Waals surface area contributed by atoms with Gasteiger partial charge in [-0.25, -0.2) is 4.98 Å². The summed E-state index contributed by atoms with van der Waals surface area (Å²) in [6.45, 7) is 10.8. The van der Waals surface area contributed by atoms with Crippen LogP contribution in [0.5, 0.6) is 5.75 Å². The lowest BCUT2D eigenvalue weighted by Gasteiger charge is -2.30. The zero-order valence-corrected chi connectivity index (χ0v) is 15.2. The monoisotopic (exact) mass is 335 g/mol. The van der Waals surface area contributed by atoms with Gasteiger partial charge in [-0.05, 0) is 46.8 Å². The molecule has 0 aliphatic heterocycles. The molecule has 1 aromatic heterocycles. The number of hydrogen-bond donors (Lipinski definition) is 1. The van der Waals surface area contributed by atoms with Crippen molar-refractivity contribution >= 4 is 28.7 Å². The molecule has 0 bridgehead atoms. The van der Waals surface area contributed by atoms with Gasteiger partial charge in [0.2, 0.25) is 5.91 Å². The van der Waals surface area contributed by atoms with Crippen LogP contribution in [0.15, 0.2) is 23.4 Å². The summed E-state index contributed by atoms with van der Waals surface area (Å²) in [6.07, 6.45) is 0. The number of thioether (sulfide) groups is 1. The van der Waals surface area contributed by atoms with Gasteiger partial charge in [-0.3, -0.25) is 4.79 Å². The number of amides is 1. The van der Waals surface area contributed by atoms with Crippen LogP contribution in [0.3, 0.4) is 0 Å². The number of carbonyl (C=O) groups is 1. The topological polar surface area (TPSA) is 58.2 Å². The number of imidazole rings is 1. The number of carbonyl (C=O) groups excluding carboxylic acids is 1. The van der Waals surface area contributed by atoms with Crippen molar-refractivity contribution in [1.82, 2.24) is 14.9 Å². The van der Waals surface area contributed by atoms with E-state index in [0.29, 0.717) is 12.4 Å². The van der Waals surface area contributed by atoms with Crippen molar-refractivity contribution in [2.24, 2.45) is 0 Å². The molecule has 0 saturated carbocycles. The second-order valence-corrected chi connectivity index (χ2v) is 6.90. The van der Waals surface area contributed by atoms with Crippen molar-refractivity contribution in [2.75, 3.05) is 12.4 Å². The summed E-state index contributed by atoms with van der Waals surface area (Å²) in [5, 5.41) is 0.759. The van der Waals surface area contributed by atoms with E-state index in [1.807, 2.05) is 57.7 Å². The van der Waals surface area contributed by atoms with E-state index in [1.165, 1.54) is 11.8 Å². The van der Waals surface area contributed by atoms with E-state index in [4.69, 9.17) is 4.74 Å². The van der Waals surface area contributed by atoms with Gasteiger partial charge in [-0.15, -0.1) is 0 Å². The van der Waals surface area contributed by atoms with Crippen molar-refractivity contribution in [1.29, 1.82) is 0 Å². The van der Waals surface area contributed by atoms with E-state index in [2.05, 4.69) is 9.97 Å². The molecule has 1 amide bonds. The molecule has 0 aliphatic rings. The first-order chi connectivity index (χ1) is 10.9. The molecule has 0 radical (unpaired) electrons. The zero-order valence-electron chi connectivity index (χ0n) is 14.4. The maximum absolute atomic E-state index is 12.4. The first kappa shape index (κ1) is 17.7. The highest BCUT2D eigenvalue weighted by atomic mass is 32.2. The number of ether oxygens (including phenoxy) is 1. The second-order valence-electron chi connectivity index (χ2n) is 5.93. The Bertz CT molecular complexity index is 659. The summed E-state index contributed by atoms with van der Waals surface area (Å²) >= 11 is 1.44. The average molecular weight is 335 g/mol. The summed E-state index contributed by atoms with van der Waals surface area (Å²) in [6, 6.07) is 6.18. The number of fused-ring (bicyclic) bond motifs is 1. The third-order valence-electron chi connectivity index (χ3n) is 3.48. The number of nitrogens with one attached hydrogen (secondary N) is 1. The van der Waals surface area contributed by atoms with Crippen molar-refractivity contribution < 1.29 is 9.53 Å². The number of nitrogens with zero attached hydrogens (tertiary/aromatic N) is 2. The van der Waals surface area contributed by atoms with E-state index < -0.39 is 0 Å².